The van der Waals surface area contributed by atoms with Crippen LogP contribution >= 0.6 is 0 Å². The molecule has 36 heavy (non-hydrogen) atoms. The van der Waals surface area contributed by atoms with Crippen molar-refractivity contribution in [3.63, 3.8) is 0 Å². The highest BCUT2D eigenvalue weighted by Gasteiger charge is 2.27. The number of sulfonamides is 1. The van der Waals surface area contributed by atoms with Crippen LogP contribution in [-0.4, -0.2) is 47.0 Å². The van der Waals surface area contributed by atoms with E-state index in [1.807, 2.05) is 13.8 Å². The van der Waals surface area contributed by atoms with E-state index in [-0.39, 0.29) is 21.7 Å². The number of amides is 1. The van der Waals surface area contributed by atoms with Gasteiger partial charge in [-0.1, -0.05) is 35.4 Å². The molecule has 0 heterocycles. The minimum absolute atomic E-state index is 0.0124. The van der Waals surface area contributed by atoms with Gasteiger partial charge in [0, 0.05) is 5.69 Å². The molecule has 0 aliphatic carbocycles. The van der Waals surface area contributed by atoms with Gasteiger partial charge in [0.1, 0.15) is 6.54 Å². The molecule has 0 spiro atoms. The van der Waals surface area contributed by atoms with Gasteiger partial charge in [-0.05, 0) is 56.3 Å². The highest BCUT2D eigenvalue weighted by molar-refractivity contribution is 7.92. The Labute approximate surface area is 209 Å². The summed E-state index contributed by atoms with van der Waals surface area (Å²) in [5.41, 5.74) is 2.23. The lowest BCUT2D eigenvalue weighted by molar-refractivity contribution is -0.114. The molecule has 0 aromatic heterocycles. The molecule has 0 radical (unpaired) electrons. The average Bonchev–Trinajstić information content (AvgIpc) is 2.86. The molecular weight excluding hydrogens is 484 g/mol. The molecule has 0 bridgehead atoms. The second-order valence-corrected chi connectivity index (χ2v) is 9.85. The standard InChI is InChI=1S/C26H26N2O7S/c1-17-5-9-22(10-6-17)28(36(32,33)23-11-7-18(2)8-12-23)16-24(29)27-21-14-19(25(30)34-3)13-20(15-21)26(31)35-4/h5-15H,16H2,1-4H3,(H,27,29). The Kier molecular flexibility index (Phi) is 8.11. The van der Waals surface area contributed by atoms with Gasteiger partial charge in [0.15, 0.2) is 0 Å². The minimum Gasteiger partial charge on any atom is -0.465 e. The molecule has 1 amide bonds. The van der Waals surface area contributed by atoms with E-state index < -0.39 is 34.4 Å². The van der Waals surface area contributed by atoms with Gasteiger partial charge < -0.3 is 14.8 Å². The van der Waals surface area contributed by atoms with Crippen LogP contribution in [-0.2, 0) is 24.3 Å². The van der Waals surface area contributed by atoms with E-state index in [1.54, 1.807) is 36.4 Å². The molecule has 1 N–H and O–H groups in total. The van der Waals surface area contributed by atoms with Crippen LogP contribution in [0.15, 0.2) is 71.6 Å². The Balaban J connectivity index is 1.97. The number of anilines is 2. The molecule has 3 aromatic carbocycles. The van der Waals surface area contributed by atoms with E-state index in [2.05, 4.69) is 5.32 Å². The number of rotatable bonds is 8. The normalized spacial score (nSPS) is 10.9. The van der Waals surface area contributed by atoms with Crippen molar-refractivity contribution in [2.45, 2.75) is 18.7 Å². The molecule has 0 saturated carbocycles. The summed E-state index contributed by atoms with van der Waals surface area (Å²) in [4.78, 5) is 37.2. The van der Waals surface area contributed by atoms with E-state index in [0.717, 1.165) is 15.4 Å². The number of ether oxygens (including phenoxy) is 2. The van der Waals surface area contributed by atoms with Crippen LogP contribution in [0.3, 0.4) is 0 Å². The number of nitrogens with zero attached hydrogens (tertiary/aromatic N) is 1. The molecule has 188 valence electrons. The van der Waals surface area contributed by atoms with Crippen LogP contribution in [0.25, 0.3) is 0 Å². The van der Waals surface area contributed by atoms with Crippen molar-refractivity contribution in [1.29, 1.82) is 0 Å². The first kappa shape index (κ1) is 26.4. The number of esters is 2. The van der Waals surface area contributed by atoms with Crippen molar-refractivity contribution in [2.75, 3.05) is 30.4 Å². The number of hydrogen-bond donors (Lipinski definition) is 1. The van der Waals surface area contributed by atoms with Crippen molar-refractivity contribution in [2.24, 2.45) is 0 Å². The Morgan fingerprint density at radius 1 is 0.778 bits per heavy atom. The maximum atomic E-state index is 13.5. The molecule has 0 aliphatic heterocycles. The molecule has 3 rings (SSSR count). The summed E-state index contributed by atoms with van der Waals surface area (Å²) in [6.07, 6.45) is 0. The number of aryl methyl sites for hydroxylation is 2. The molecule has 0 saturated heterocycles. The molecule has 0 aliphatic rings. The summed E-state index contributed by atoms with van der Waals surface area (Å²) in [6, 6.07) is 16.9. The lowest BCUT2D eigenvalue weighted by Crippen LogP contribution is -2.38. The van der Waals surface area contributed by atoms with Gasteiger partial charge in [-0.15, -0.1) is 0 Å². The predicted molar refractivity (Wildman–Crippen MR) is 135 cm³/mol. The maximum absolute atomic E-state index is 13.5. The van der Waals surface area contributed by atoms with Crippen molar-refractivity contribution in [1.82, 2.24) is 0 Å². The van der Waals surface area contributed by atoms with Gasteiger partial charge in [-0.3, -0.25) is 9.10 Å². The number of carbonyl (C=O) groups excluding carboxylic acids is 3. The van der Waals surface area contributed by atoms with E-state index >= 15 is 0 Å². The zero-order valence-corrected chi connectivity index (χ0v) is 21.1. The lowest BCUT2D eigenvalue weighted by Gasteiger charge is -2.24. The fraction of sp³-hybridized carbons (Fsp3) is 0.192. The number of carbonyl (C=O) groups is 3. The number of hydrogen-bond acceptors (Lipinski definition) is 7. The zero-order valence-electron chi connectivity index (χ0n) is 20.3. The Morgan fingerprint density at radius 3 is 1.72 bits per heavy atom. The van der Waals surface area contributed by atoms with Gasteiger partial charge in [0.2, 0.25) is 5.91 Å². The monoisotopic (exact) mass is 510 g/mol. The van der Waals surface area contributed by atoms with Gasteiger partial charge >= 0.3 is 11.9 Å². The first-order valence-corrected chi connectivity index (χ1v) is 12.3. The molecule has 0 fully saturated rings. The quantitative estimate of drug-likeness (QED) is 0.459. The lowest BCUT2D eigenvalue weighted by atomic mass is 10.1. The molecular formula is C26H26N2O7S. The fourth-order valence-corrected chi connectivity index (χ4v) is 4.79. The highest BCUT2D eigenvalue weighted by atomic mass is 32.2. The topological polar surface area (TPSA) is 119 Å². The van der Waals surface area contributed by atoms with Gasteiger partial charge in [0.25, 0.3) is 10.0 Å². The third-order valence-corrected chi connectivity index (χ3v) is 7.07. The number of methoxy groups -OCH3 is 2. The average molecular weight is 511 g/mol. The second-order valence-electron chi connectivity index (χ2n) is 7.99. The Morgan fingerprint density at radius 2 is 1.25 bits per heavy atom. The van der Waals surface area contributed by atoms with E-state index in [4.69, 9.17) is 9.47 Å². The summed E-state index contributed by atoms with van der Waals surface area (Å²) in [5.74, 6) is -2.14. The SMILES string of the molecule is COC(=O)c1cc(NC(=O)CN(c2ccc(C)cc2)S(=O)(=O)c2ccc(C)cc2)cc(C(=O)OC)c1. The number of nitrogens with one attached hydrogen (secondary N) is 1. The van der Waals surface area contributed by atoms with Crippen LogP contribution in [0.5, 0.6) is 0 Å². The van der Waals surface area contributed by atoms with E-state index in [0.29, 0.717) is 5.69 Å². The predicted octanol–water partition coefficient (Wildman–Crippen LogP) is 3.71. The smallest absolute Gasteiger partial charge is 0.337 e. The third kappa shape index (κ3) is 6.08. The van der Waals surface area contributed by atoms with Crippen molar-refractivity contribution in [3.8, 4) is 0 Å². The van der Waals surface area contributed by atoms with Crippen LogP contribution in [0.1, 0.15) is 31.8 Å². The summed E-state index contributed by atoms with van der Waals surface area (Å²) in [6.45, 7) is 3.14. The molecule has 9 nitrogen and oxygen atoms in total. The highest BCUT2D eigenvalue weighted by Crippen LogP contribution is 2.25. The van der Waals surface area contributed by atoms with Crippen LogP contribution in [0, 0.1) is 13.8 Å². The third-order valence-electron chi connectivity index (χ3n) is 5.28. The first-order chi connectivity index (χ1) is 17.0. The van der Waals surface area contributed by atoms with Crippen LogP contribution in [0.2, 0.25) is 0 Å². The van der Waals surface area contributed by atoms with Gasteiger partial charge in [-0.2, -0.15) is 0 Å². The summed E-state index contributed by atoms with van der Waals surface area (Å²) in [5, 5.41) is 2.56. The summed E-state index contributed by atoms with van der Waals surface area (Å²) < 4.78 is 37.4. The largest absolute Gasteiger partial charge is 0.465 e. The van der Waals surface area contributed by atoms with Crippen molar-refractivity contribution >= 4 is 39.2 Å². The molecule has 0 unspecified atom stereocenters. The Bertz CT molecular complexity index is 1350. The van der Waals surface area contributed by atoms with Crippen LogP contribution < -0.4 is 9.62 Å². The Hall–Kier alpha value is -4.18. The van der Waals surface area contributed by atoms with E-state index in [9.17, 15) is 22.8 Å². The molecule has 0 atom stereocenters. The van der Waals surface area contributed by atoms with Gasteiger partial charge in [0.05, 0.1) is 35.9 Å². The second kappa shape index (κ2) is 11.0. The maximum Gasteiger partial charge on any atom is 0.337 e. The summed E-state index contributed by atoms with van der Waals surface area (Å²) >= 11 is 0. The van der Waals surface area contributed by atoms with Crippen LogP contribution in [0.4, 0.5) is 11.4 Å². The van der Waals surface area contributed by atoms with Gasteiger partial charge in [-0.25, -0.2) is 18.0 Å². The fourth-order valence-electron chi connectivity index (χ4n) is 3.37. The zero-order chi connectivity index (χ0) is 26.5. The van der Waals surface area contributed by atoms with E-state index in [1.165, 1.54) is 44.6 Å². The molecule has 3 aromatic rings. The first-order valence-electron chi connectivity index (χ1n) is 10.8. The minimum atomic E-state index is -4.10. The number of benzene rings is 3. The summed E-state index contributed by atoms with van der Waals surface area (Å²) in [7, 11) is -1.74. The molecule has 10 heteroatoms. The van der Waals surface area contributed by atoms with Crippen molar-refractivity contribution < 1.29 is 32.3 Å². The van der Waals surface area contributed by atoms with Crippen molar-refractivity contribution in [3.05, 3.63) is 89.0 Å².